The van der Waals surface area contributed by atoms with Crippen LogP contribution in [0.25, 0.3) is 76.5 Å². The first-order chi connectivity index (χ1) is 28.2. The van der Waals surface area contributed by atoms with E-state index in [1.807, 2.05) is 0 Å². The third-order valence-electron chi connectivity index (χ3n) is 12.0. The zero-order valence-corrected chi connectivity index (χ0v) is 31.8. The zero-order chi connectivity index (χ0) is 37.9. The predicted octanol–water partition coefficient (Wildman–Crippen LogP) is 15.4. The van der Waals surface area contributed by atoms with Crippen LogP contribution in [0, 0.1) is 5.92 Å². The van der Waals surface area contributed by atoms with Crippen molar-refractivity contribution in [2.75, 3.05) is 4.90 Å². The van der Waals surface area contributed by atoms with Gasteiger partial charge in [-0.2, -0.15) is 0 Å². The van der Waals surface area contributed by atoms with Crippen LogP contribution < -0.4 is 4.90 Å². The highest BCUT2D eigenvalue weighted by atomic mass is 15.1. The minimum absolute atomic E-state index is 0.487. The molecule has 2 nitrogen and oxygen atoms in total. The average Bonchev–Trinajstić information content (AvgIpc) is 3.59. The quantitative estimate of drug-likeness (QED) is 0.165. The highest BCUT2D eigenvalue weighted by molar-refractivity contribution is 6.15. The van der Waals surface area contributed by atoms with Crippen molar-refractivity contribution >= 4 is 76.8 Å². The van der Waals surface area contributed by atoms with Gasteiger partial charge in [0.15, 0.2) is 0 Å². The molecular weight excluding hydrogens is 689 g/mol. The minimum atomic E-state index is 0.487. The van der Waals surface area contributed by atoms with Gasteiger partial charge in [0.2, 0.25) is 0 Å². The Balaban J connectivity index is 1.17. The third-order valence-corrected chi connectivity index (χ3v) is 12.0. The summed E-state index contributed by atoms with van der Waals surface area (Å²) in [5, 5.41) is 9.86. The van der Waals surface area contributed by atoms with Gasteiger partial charge in [0.25, 0.3) is 0 Å². The number of benzene rings is 9. The Labute approximate surface area is 332 Å². The summed E-state index contributed by atoms with van der Waals surface area (Å²) < 4.78 is 2.47. The fraction of sp³-hybridized carbons (Fsp3) is 0.0545. The molecule has 270 valence electrons. The molecule has 11 rings (SSSR count). The molecule has 0 bridgehead atoms. The van der Waals surface area contributed by atoms with E-state index in [0.29, 0.717) is 5.92 Å². The second-order valence-corrected chi connectivity index (χ2v) is 15.4. The number of fused-ring (bicyclic) bond motifs is 6. The van der Waals surface area contributed by atoms with Crippen LogP contribution in [0.2, 0.25) is 0 Å². The molecule has 9 aromatic carbocycles. The summed E-state index contributed by atoms with van der Waals surface area (Å²) in [6, 6.07) is 69.4. The minimum Gasteiger partial charge on any atom is -0.310 e. The molecule has 0 N–H and O–H groups in total. The molecule has 1 aromatic heterocycles. The lowest BCUT2D eigenvalue weighted by Crippen LogP contribution is -2.12. The number of hydrogen-bond donors (Lipinski definition) is 0. The summed E-state index contributed by atoms with van der Waals surface area (Å²) >= 11 is 0. The molecule has 10 aromatic rings. The maximum Gasteiger partial charge on any atom is 0.0547 e. The van der Waals surface area contributed by atoms with Gasteiger partial charge in [0, 0.05) is 32.9 Å². The fourth-order valence-electron chi connectivity index (χ4n) is 9.21. The van der Waals surface area contributed by atoms with Crippen LogP contribution in [-0.4, -0.2) is 4.57 Å². The van der Waals surface area contributed by atoms with Crippen molar-refractivity contribution in [1.82, 2.24) is 4.57 Å². The first kappa shape index (κ1) is 33.2. The largest absolute Gasteiger partial charge is 0.310 e. The molecule has 2 heteroatoms. The molecule has 0 radical (unpaired) electrons. The van der Waals surface area contributed by atoms with Gasteiger partial charge in [-0.1, -0.05) is 159 Å². The van der Waals surface area contributed by atoms with E-state index >= 15 is 0 Å². The SMILES string of the molecule is CC1CC=CC=C1c1ccc(N(c2cc(-c3ccccc3)c3ccccc3c2)c2ccc(-n3c4ccccc4c4cc5ccccc5cc43)c3ccccc23)cc1. The molecule has 1 unspecified atom stereocenters. The van der Waals surface area contributed by atoms with E-state index < -0.39 is 0 Å². The zero-order valence-electron chi connectivity index (χ0n) is 31.8. The van der Waals surface area contributed by atoms with E-state index in [1.165, 1.54) is 82.1 Å². The maximum atomic E-state index is 2.47. The van der Waals surface area contributed by atoms with Gasteiger partial charge in [0.1, 0.15) is 0 Å². The topological polar surface area (TPSA) is 8.17 Å². The molecule has 0 fully saturated rings. The molecule has 1 atom stereocenters. The van der Waals surface area contributed by atoms with E-state index in [4.69, 9.17) is 0 Å². The maximum absolute atomic E-state index is 2.47. The lowest BCUT2D eigenvalue weighted by Gasteiger charge is -2.29. The molecule has 0 amide bonds. The molecule has 0 saturated heterocycles. The molecule has 0 aliphatic heterocycles. The van der Waals surface area contributed by atoms with Crippen LogP contribution in [-0.2, 0) is 0 Å². The second kappa shape index (κ2) is 13.5. The van der Waals surface area contributed by atoms with Crippen molar-refractivity contribution in [3.05, 3.63) is 212 Å². The van der Waals surface area contributed by atoms with E-state index in [-0.39, 0.29) is 0 Å². The lowest BCUT2D eigenvalue weighted by atomic mass is 9.88. The van der Waals surface area contributed by atoms with Crippen LogP contribution in [0.3, 0.4) is 0 Å². The van der Waals surface area contributed by atoms with E-state index in [1.54, 1.807) is 0 Å². The summed E-state index contributed by atoms with van der Waals surface area (Å²) in [7, 11) is 0. The number of hydrogen-bond acceptors (Lipinski definition) is 1. The van der Waals surface area contributed by atoms with Gasteiger partial charge >= 0.3 is 0 Å². The van der Waals surface area contributed by atoms with Gasteiger partial charge in [-0.25, -0.2) is 0 Å². The average molecular weight is 729 g/mol. The summed E-state index contributed by atoms with van der Waals surface area (Å²) in [6.07, 6.45) is 7.81. The summed E-state index contributed by atoms with van der Waals surface area (Å²) in [5.74, 6) is 0.487. The number of rotatable bonds is 6. The Bertz CT molecular complexity index is 3220. The van der Waals surface area contributed by atoms with Crippen LogP contribution in [0.1, 0.15) is 18.9 Å². The van der Waals surface area contributed by atoms with Crippen LogP contribution in [0.15, 0.2) is 206 Å². The molecule has 1 heterocycles. The Morgan fingerprint density at radius 3 is 1.93 bits per heavy atom. The summed E-state index contributed by atoms with van der Waals surface area (Å²) in [4.78, 5) is 2.47. The smallest absolute Gasteiger partial charge is 0.0547 e. The number of para-hydroxylation sites is 1. The number of nitrogens with zero attached hydrogens (tertiary/aromatic N) is 2. The Morgan fingerprint density at radius 1 is 0.474 bits per heavy atom. The summed E-state index contributed by atoms with van der Waals surface area (Å²) in [5.41, 5.74) is 12.0. The first-order valence-corrected chi connectivity index (χ1v) is 20.0. The lowest BCUT2D eigenvalue weighted by molar-refractivity contribution is 0.758. The highest BCUT2D eigenvalue weighted by Crippen LogP contribution is 2.45. The Kier molecular flexibility index (Phi) is 7.89. The summed E-state index contributed by atoms with van der Waals surface area (Å²) in [6.45, 7) is 2.32. The van der Waals surface area contributed by atoms with Crippen LogP contribution >= 0.6 is 0 Å². The first-order valence-electron chi connectivity index (χ1n) is 20.0. The number of allylic oxidation sites excluding steroid dienone is 4. The normalized spacial score (nSPS) is 14.2. The van der Waals surface area contributed by atoms with Crippen molar-refractivity contribution in [1.29, 1.82) is 0 Å². The van der Waals surface area contributed by atoms with Crippen molar-refractivity contribution in [3.63, 3.8) is 0 Å². The van der Waals surface area contributed by atoms with E-state index in [0.717, 1.165) is 23.5 Å². The van der Waals surface area contributed by atoms with Gasteiger partial charge in [-0.05, 0) is 111 Å². The molecule has 0 saturated carbocycles. The fourth-order valence-corrected chi connectivity index (χ4v) is 9.21. The van der Waals surface area contributed by atoms with Crippen molar-refractivity contribution in [2.24, 2.45) is 5.92 Å². The van der Waals surface area contributed by atoms with E-state index in [2.05, 4.69) is 223 Å². The number of aromatic nitrogens is 1. The van der Waals surface area contributed by atoms with Gasteiger partial charge in [-0.15, -0.1) is 0 Å². The standard InChI is InChI=1S/C55H40N2/c1-37-15-5-9-21-45(37)39-27-29-43(30-28-39)56(44-33-42-20-8-10-22-46(42)50(36-44)38-16-3-2-4-17-38)53-31-32-54(48-24-12-11-23-47(48)53)57-52-26-14-13-25-49(52)51-34-40-18-6-7-19-41(40)35-55(51)57/h2-14,16-37H,15H2,1H3. The molecular formula is C55H40N2. The molecule has 1 aliphatic rings. The highest BCUT2D eigenvalue weighted by Gasteiger charge is 2.22. The van der Waals surface area contributed by atoms with Crippen molar-refractivity contribution < 1.29 is 0 Å². The molecule has 0 spiro atoms. The van der Waals surface area contributed by atoms with Gasteiger partial charge in [-0.3, -0.25) is 0 Å². The predicted molar refractivity (Wildman–Crippen MR) is 244 cm³/mol. The van der Waals surface area contributed by atoms with Crippen molar-refractivity contribution in [2.45, 2.75) is 13.3 Å². The van der Waals surface area contributed by atoms with Crippen molar-refractivity contribution in [3.8, 4) is 16.8 Å². The van der Waals surface area contributed by atoms with Crippen LogP contribution in [0.5, 0.6) is 0 Å². The van der Waals surface area contributed by atoms with E-state index in [9.17, 15) is 0 Å². The molecule has 1 aliphatic carbocycles. The monoisotopic (exact) mass is 728 g/mol. The Hall–Kier alpha value is -7.16. The van der Waals surface area contributed by atoms with Gasteiger partial charge < -0.3 is 9.47 Å². The molecule has 57 heavy (non-hydrogen) atoms. The van der Waals surface area contributed by atoms with Crippen LogP contribution in [0.4, 0.5) is 17.1 Å². The number of anilines is 3. The second-order valence-electron chi connectivity index (χ2n) is 15.4. The Morgan fingerprint density at radius 2 is 1.14 bits per heavy atom. The van der Waals surface area contributed by atoms with Gasteiger partial charge in [0.05, 0.1) is 22.4 Å². The third kappa shape index (κ3) is 5.56.